The van der Waals surface area contributed by atoms with Gasteiger partial charge in [0.1, 0.15) is 0 Å². The van der Waals surface area contributed by atoms with Crippen LogP contribution in [0, 0.1) is 11.8 Å². The predicted molar refractivity (Wildman–Crippen MR) is 73.5 cm³/mol. The van der Waals surface area contributed by atoms with Crippen LogP contribution < -0.4 is 11.5 Å². The third-order valence-corrected chi connectivity index (χ3v) is 3.53. The van der Waals surface area contributed by atoms with E-state index in [9.17, 15) is 4.79 Å². The number of hydrogen-bond donors (Lipinski definition) is 2. The lowest BCUT2D eigenvalue weighted by Gasteiger charge is -2.18. The van der Waals surface area contributed by atoms with Gasteiger partial charge in [-0.05, 0) is 38.1 Å². The van der Waals surface area contributed by atoms with Crippen LogP contribution in [-0.4, -0.2) is 12.5 Å². The van der Waals surface area contributed by atoms with Gasteiger partial charge in [-0.1, -0.05) is 39.5 Å². The zero-order chi connectivity index (χ0) is 13.1. The fourth-order valence-electron chi connectivity index (χ4n) is 2.19. The van der Waals surface area contributed by atoms with Crippen LogP contribution in [0.5, 0.6) is 0 Å². The number of carbonyl (C=O) groups excluding carboxylic acids is 1. The molecule has 17 heavy (non-hydrogen) atoms. The summed E-state index contributed by atoms with van der Waals surface area (Å²) in [5, 5.41) is 0. The average molecular weight is 242 g/mol. The van der Waals surface area contributed by atoms with E-state index in [1.54, 1.807) is 0 Å². The number of hydrogen-bond acceptors (Lipinski definition) is 2. The zero-order valence-electron chi connectivity index (χ0n) is 11.6. The SMILES string of the molecule is CCCCC(CN)CCC(CCCC)C(N)=O. The lowest BCUT2D eigenvalue weighted by atomic mass is 9.89. The van der Waals surface area contributed by atoms with Gasteiger partial charge in [-0.2, -0.15) is 0 Å². The molecular weight excluding hydrogens is 212 g/mol. The Bertz CT molecular complexity index is 195. The summed E-state index contributed by atoms with van der Waals surface area (Å²) in [4.78, 5) is 11.3. The van der Waals surface area contributed by atoms with Gasteiger partial charge in [0, 0.05) is 5.92 Å². The lowest BCUT2D eigenvalue weighted by Crippen LogP contribution is -2.25. The number of rotatable bonds is 11. The summed E-state index contributed by atoms with van der Waals surface area (Å²) in [6.07, 6.45) is 8.76. The van der Waals surface area contributed by atoms with E-state index in [0.717, 1.165) is 38.6 Å². The van der Waals surface area contributed by atoms with Crippen molar-refractivity contribution in [3.8, 4) is 0 Å². The van der Waals surface area contributed by atoms with Crippen molar-refractivity contribution in [3.05, 3.63) is 0 Å². The summed E-state index contributed by atoms with van der Waals surface area (Å²) in [6, 6.07) is 0. The highest BCUT2D eigenvalue weighted by molar-refractivity contribution is 5.76. The second-order valence-corrected chi connectivity index (χ2v) is 5.06. The highest BCUT2D eigenvalue weighted by atomic mass is 16.1. The van der Waals surface area contributed by atoms with Gasteiger partial charge in [0.05, 0.1) is 0 Å². The average Bonchev–Trinajstić information content (AvgIpc) is 2.32. The Balaban J connectivity index is 3.94. The smallest absolute Gasteiger partial charge is 0.220 e. The summed E-state index contributed by atoms with van der Waals surface area (Å²) < 4.78 is 0. The molecule has 0 aliphatic heterocycles. The number of carbonyl (C=O) groups is 1. The molecule has 102 valence electrons. The van der Waals surface area contributed by atoms with Crippen molar-refractivity contribution in [1.29, 1.82) is 0 Å². The van der Waals surface area contributed by atoms with Gasteiger partial charge in [-0.15, -0.1) is 0 Å². The fourth-order valence-corrected chi connectivity index (χ4v) is 2.19. The topological polar surface area (TPSA) is 69.1 Å². The van der Waals surface area contributed by atoms with Crippen molar-refractivity contribution in [1.82, 2.24) is 0 Å². The third-order valence-electron chi connectivity index (χ3n) is 3.53. The zero-order valence-corrected chi connectivity index (χ0v) is 11.6. The van der Waals surface area contributed by atoms with Crippen molar-refractivity contribution in [3.63, 3.8) is 0 Å². The van der Waals surface area contributed by atoms with Crippen LogP contribution in [0.25, 0.3) is 0 Å². The molecule has 0 radical (unpaired) electrons. The molecule has 0 fully saturated rings. The molecule has 0 aliphatic rings. The van der Waals surface area contributed by atoms with Crippen LogP contribution in [0.15, 0.2) is 0 Å². The number of primary amides is 1. The van der Waals surface area contributed by atoms with Gasteiger partial charge in [0.15, 0.2) is 0 Å². The van der Waals surface area contributed by atoms with Crippen molar-refractivity contribution < 1.29 is 4.79 Å². The summed E-state index contributed by atoms with van der Waals surface area (Å²) in [5.74, 6) is 0.494. The molecule has 3 nitrogen and oxygen atoms in total. The summed E-state index contributed by atoms with van der Waals surface area (Å²) >= 11 is 0. The van der Waals surface area contributed by atoms with E-state index in [-0.39, 0.29) is 11.8 Å². The molecule has 0 aromatic rings. The van der Waals surface area contributed by atoms with Crippen molar-refractivity contribution in [2.75, 3.05) is 6.54 Å². The largest absolute Gasteiger partial charge is 0.369 e. The molecule has 0 bridgehead atoms. The molecule has 0 spiro atoms. The maximum Gasteiger partial charge on any atom is 0.220 e. The van der Waals surface area contributed by atoms with Crippen molar-refractivity contribution >= 4 is 5.91 Å². The Labute approximate surface area is 106 Å². The fraction of sp³-hybridized carbons (Fsp3) is 0.929. The van der Waals surface area contributed by atoms with E-state index < -0.39 is 0 Å². The van der Waals surface area contributed by atoms with Gasteiger partial charge < -0.3 is 11.5 Å². The summed E-state index contributed by atoms with van der Waals surface area (Å²) in [6.45, 7) is 5.07. The minimum Gasteiger partial charge on any atom is -0.369 e. The normalized spacial score (nSPS) is 14.5. The molecular formula is C14H30N2O. The van der Waals surface area contributed by atoms with Crippen molar-refractivity contribution in [2.45, 2.75) is 65.2 Å². The molecule has 0 aromatic heterocycles. The first kappa shape index (κ1) is 16.4. The van der Waals surface area contributed by atoms with Gasteiger partial charge in [-0.25, -0.2) is 0 Å². The summed E-state index contributed by atoms with van der Waals surface area (Å²) in [5.41, 5.74) is 11.2. The molecule has 0 rings (SSSR count). The number of amides is 1. The second kappa shape index (κ2) is 10.6. The minimum atomic E-state index is -0.135. The van der Waals surface area contributed by atoms with Crippen LogP contribution >= 0.6 is 0 Å². The second-order valence-electron chi connectivity index (χ2n) is 5.06. The Morgan fingerprint density at radius 3 is 2.06 bits per heavy atom. The van der Waals surface area contributed by atoms with Crippen LogP contribution in [0.4, 0.5) is 0 Å². The van der Waals surface area contributed by atoms with E-state index >= 15 is 0 Å². The highest BCUT2D eigenvalue weighted by Gasteiger charge is 2.16. The van der Waals surface area contributed by atoms with E-state index in [4.69, 9.17) is 11.5 Å². The molecule has 3 heteroatoms. The minimum absolute atomic E-state index is 0.0608. The number of unbranched alkanes of at least 4 members (excludes halogenated alkanes) is 2. The molecule has 4 N–H and O–H groups in total. The first-order chi connectivity index (χ1) is 8.15. The molecule has 0 saturated heterocycles. The predicted octanol–water partition coefficient (Wildman–Crippen LogP) is 2.82. The molecule has 2 unspecified atom stereocenters. The summed E-state index contributed by atoms with van der Waals surface area (Å²) in [7, 11) is 0. The molecule has 0 saturated carbocycles. The van der Waals surface area contributed by atoms with Gasteiger partial charge in [-0.3, -0.25) is 4.79 Å². The van der Waals surface area contributed by atoms with Crippen LogP contribution in [0.2, 0.25) is 0 Å². The molecule has 0 aromatic carbocycles. The quantitative estimate of drug-likeness (QED) is 0.585. The highest BCUT2D eigenvalue weighted by Crippen LogP contribution is 2.20. The maximum absolute atomic E-state index is 11.3. The van der Waals surface area contributed by atoms with E-state index in [0.29, 0.717) is 5.92 Å². The lowest BCUT2D eigenvalue weighted by molar-refractivity contribution is -0.122. The van der Waals surface area contributed by atoms with Crippen LogP contribution in [-0.2, 0) is 4.79 Å². The Morgan fingerprint density at radius 1 is 1.00 bits per heavy atom. The van der Waals surface area contributed by atoms with E-state index in [1.807, 2.05) is 0 Å². The molecule has 1 amide bonds. The van der Waals surface area contributed by atoms with Gasteiger partial charge >= 0.3 is 0 Å². The monoisotopic (exact) mass is 242 g/mol. The Kier molecular flexibility index (Phi) is 10.2. The third kappa shape index (κ3) is 8.19. The van der Waals surface area contributed by atoms with Crippen molar-refractivity contribution in [2.24, 2.45) is 23.3 Å². The molecule has 2 atom stereocenters. The Morgan fingerprint density at radius 2 is 1.59 bits per heavy atom. The molecule has 0 heterocycles. The molecule has 0 aliphatic carbocycles. The first-order valence-corrected chi connectivity index (χ1v) is 7.15. The Hall–Kier alpha value is -0.570. The van der Waals surface area contributed by atoms with Crippen LogP contribution in [0.3, 0.4) is 0 Å². The van der Waals surface area contributed by atoms with E-state index in [1.165, 1.54) is 19.3 Å². The first-order valence-electron chi connectivity index (χ1n) is 7.15. The standard InChI is InChI=1S/C14H30N2O/c1-3-5-7-12(11-15)9-10-13(14(16)17)8-6-4-2/h12-13H,3-11,15H2,1-2H3,(H2,16,17). The number of nitrogens with two attached hydrogens (primary N) is 2. The van der Waals surface area contributed by atoms with Crippen LogP contribution in [0.1, 0.15) is 65.2 Å². The van der Waals surface area contributed by atoms with E-state index in [2.05, 4.69) is 13.8 Å². The van der Waals surface area contributed by atoms with Gasteiger partial charge in [0.25, 0.3) is 0 Å². The van der Waals surface area contributed by atoms with Gasteiger partial charge in [0.2, 0.25) is 5.91 Å². The maximum atomic E-state index is 11.3.